The highest BCUT2D eigenvalue weighted by atomic mass is 32.2. The quantitative estimate of drug-likeness (QED) is 0.754. The van der Waals surface area contributed by atoms with Crippen LogP contribution in [-0.2, 0) is 14.8 Å². The average molecular weight is 353 g/mol. The molecular weight excluding hydrogens is 338 g/mol. The smallest absolute Gasteiger partial charge is 0.358 e. The average Bonchev–Trinajstić information content (AvgIpc) is 2.88. The molecule has 0 radical (unpaired) electrons. The molecule has 1 heterocycles. The van der Waals surface area contributed by atoms with Crippen LogP contribution in [0.15, 0.2) is 29.2 Å². The molecule has 0 saturated heterocycles. The molecule has 2 aromatic rings. The normalized spacial score (nSPS) is 11.3. The van der Waals surface area contributed by atoms with Gasteiger partial charge in [0.2, 0.25) is 10.0 Å². The van der Waals surface area contributed by atoms with E-state index in [0.717, 1.165) is 6.07 Å². The Labute approximate surface area is 137 Å². The lowest BCUT2D eigenvalue weighted by molar-refractivity contribution is 0.0518. The maximum absolute atomic E-state index is 11.7. The first kappa shape index (κ1) is 17.6. The van der Waals surface area contributed by atoms with Crippen molar-refractivity contribution in [1.82, 2.24) is 9.78 Å². The number of carbonyl (C=O) groups excluding carboxylic acids is 1. The van der Waals surface area contributed by atoms with E-state index in [1.54, 1.807) is 13.8 Å². The fourth-order valence-corrected chi connectivity index (χ4v) is 2.61. The molecule has 0 bridgehead atoms. The van der Waals surface area contributed by atoms with Crippen molar-refractivity contribution >= 4 is 22.0 Å². The van der Waals surface area contributed by atoms with Gasteiger partial charge in [0.25, 0.3) is 0 Å². The van der Waals surface area contributed by atoms with Crippen LogP contribution in [0.2, 0.25) is 0 Å². The fraction of sp³-hybridized carbons (Fsp3) is 0.214. The number of carboxylic acids is 1. The van der Waals surface area contributed by atoms with E-state index in [9.17, 15) is 23.1 Å². The molecule has 0 aliphatic heterocycles. The lowest BCUT2D eigenvalue weighted by Crippen LogP contribution is -2.15. The minimum atomic E-state index is -4.05. The summed E-state index contributed by atoms with van der Waals surface area (Å²) in [5.74, 6) is -2.00. The minimum Gasteiger partial charge on any atom is -0.478 e. The first-order chi connectivity index (χ1) is 11.1. The van der Waals surface area contributed by atoms with Crippen LogP contribution in [0, 0.1) is 6.92 Å². The predicted molar refractivity (Wildman–Crippen MR) is 82.6 cm³/mol. The van der Waals surface area contributed by atoms with Crippen LogP contribution in [0.4, 0.5) is 0 Å². The lowest BCUT2D eigenvalue weighted by atomic mass is 10.2. The first-order valence-corrected chi connectivity index (χ1v) is 8.34. The zero-order chi connectivity index (χ0) is 18.1. The standard InChI is InChI=1S/C14H15N3O6S/c1-3-23-14(20)11-6-8(2)17(16-11)12-5-4-9(24(15,21)22)7-10(12)13(18)19/h4-7H,3H2,1-2H3,(H,18,19)(H2,15,21,22). The molecule has 9 nitrogen and oxygen atoms in total. The highest BCUT2D eigenvalue weighted by molar-refractivity contribution is 7.89. The van der Waals surface area contributed by atoms with Crippen molar-refractivity contribution in [1.29, 1.82) is 0 Å². The molecule has 0 aliphatic rings. The van der Waals surface area contributed by atoms with Crippen LogP contribution >= 0.6 is 0 Å². The van der Waals surface area contributed by atoms with Gasteiger partial charge in [0.05, 0.1) is 22.8 Å². The molecule has 0 saturated carbocycles. The van der Waals surface area contributed by atoms with E-state index < -0.39 is 22.0 Å². The number of aryl methyl sites for hydroxylation is 1. The third-order valence-corrected chi connectivity index (χ3v) is 4.04. The number of sulfonamides is 1. The Balaban J connectivity index is 2.61. The van der Waals surface area contributed by atoms with Crippen molar-refractivity contribution in [3.05, 3.63) is 41.2 Å². The Hall–Kier alpha value is -2.72. The number of benzene rings is 1. The van der Waals surface area contributed by atoms with Crippen LogP contribution in [0.1, 0.15) is 33.5 Å². The number of ether oxygens (including phenoxy) is 1. The Kier molecular flexibility index (Phi) is 4.71. The number of hydrogen-bond donors (Lipinski definition) is 2. The van der Waals surface area contributed by atoms with E-state index in [1.165, 1.54) is 22.9 Å². The molecule has 0 spiro atoms. The summed E-state index contributed by atoms with van der Waals surface area (Å²) in [7, 11) is -4.05. The van der Waals surface area contributed by atoms with Gasteiger partial charge in [-0.1, -0.05) is 0 Å². The number of nitrogens with two attached hydrogens (primary N) is 1. The maximum Gasteiger partial charge on any atom is 0.358 e. The Morgan fingerprint density at radius 2 is 2.00 bits per heavy atom. The van der Waals surface area contributed by atoms with Gasteiger partial charge in [-0.05, 0) is 38.1 Å². The summed E-state index contributed by atoms with van der Waals surface area (Å²) >= 11 is 0. The summed E-state index contributed by atoms with van der Waals surface area (Å²) in [6, 6.07) is 4.82. The number of esters is 1. The second-order valence-corrected chi connectivity index (χ2v) is 6.39. The maximum atomic E-state index is 11.7. The molecule has 1 aromatic carbocycles. The van der Waals surface area contributed by atoms with Gasteiger partial charge in [0.1, 0.15) is 0 Å². The van der Waals surface area contributed by atoms with E-state index >= 15 is 0 Å². The van der Waals surface area contributed by atoms with Crippen LogP contribution in [-0.4, -0.2) is 41.9 Å². The number of aromatic carboxylic acids is 1. The third kappa shape index (κ3) is 3.44. The Morgan fingerprint density at radius 3 is 2.54 bits per heavy atom. The van der Waals surface area contributed by atoms with Crippen LogP contribution in [0.3, 0.4) is 0 Å². The van der Waals surface area contributed by atoms with Gasteiger partial charge in [-0.25, -0.2) is 27.8 Å². The van der Waals surface area contributed by atoms with Gasteiger partial charge in [-0.2, -0.15) is 5.10 Å². The topological polar surface area (TPSA) is 142 Å². The number of aromatic nitrogens is 2. The van der Waals surface area contributed by atoms with Gasteiger partial charge in [-0.3, -0.25) is 0 Å². The number of carboxylic acid groups (broad SMARTS) is 1. The minimum absolute atomic E-state index is 0.0150. The van der Waals surface area contributed by atoms with E-state index in [0.29, 0.717) is 5.69 Å². The molecule has 0 aliphatic carbocycles. The fourth-order valence-electron chi connectivity index (χ4n) is 2.07. The Bertz CT molecular complexity index is 917. The van der Waals surface area contributed by atoms with Gasteiger partial charge in [0, 0.05) is 5.69 Å². The summed E-state index contributed by atoms with van der Waals surface area (Å²) < 4.78 is 28.8. The number of primary sulfonamides is 1. The zero-order valence-electron chi connectivity index (χ0n) is 12.9. The lowest BCUT2D eigenvalue weighted by Gasteiger charge is -2.09. The second kappa shape index (κ2) is 6.42. The Morgan fingerprint density at radius 1 is 1.33 bits per heavy atom. The summed E-state index contributed by atoms with van der Waals surface area (Å²) in [5.41, 5.74) is 0.274. The largest absolute Gasteiger partial charge is 0.478 e. The van der Waals surface area contributed by atoms with Crippen molar-refractivity contribution in [2.75, 3.05) is 6.61 Å². The summed E-state index contributed by atoms with van der Waals surface area (Å²) in [4.78, 5) is 22.9. The van der Waals surface area contributed by atoms with Gasteiger partial charge in [-0.15, -0.1) is 0 Å². The predicted octanol–water partition coefficient (Wildman–Crippen LogP) is 0.703. The molecule has 0 amide bonds. The zero-order valence-corrected chi connectivity index (χ0v) is 13.7. The highest BCUT2D eigenvalue weighted by Gasteiger charge is 2.20. The van der Waals surface area contributed by atoms with Crippen LogP contribution in [0.25, 0.3) is 5.69 Å². The van der Waals surface area contributed by atoms with Gasteiger partial charge in [0.15, 0.2) is 5.69 Å². The monoisotopic (exact) mass is 353 g/mol. The van der Waals surface area contributed by atoms with E-state index in [1.807, 2.05) is 0 Å². The molecule has 24 heavy (non-hydrogen) atoms. The number of hydrogen-bond acceptors (Lipinski definition) is 6. The van der Waals surface area contributed by atoms with E-state index in [2.05, 4.69) is 5.10 Å². The molecule has 0 atom stereocenters. The van der Waals surface area contributed by atoms with Gasteiger partial charge >= 0.3 is 11.9 Å². The van der Waals surface area contributed by atoms with Crippen molar-refractivity contribution in [3.63, 3.8) is 0 Å². The molecule has 0 fully saturated rings. The molecule has 1 aromatic heterocycles. The van der Waals surface area contributed by atoms with E-state index in [4.69, 9.17) is 9.88 Å². The number of nitrogens with zero attached hydrogens (tertiary/aromatic N) is 2. The second-order valence-electron chi connectivity index (χ2n) is 4.83. The first-order valence-electron chi connectivity index (χ1n) is 6.79. The SMILES string of the molecule is CCOC(=O)c1cc(C)n(-c2ccc(S(N)(=O)=O)cc2C(=O)O)n1. The van der Waals surface area contributed by atoms with Crippen molar-refractivity contribution in [2.45, 2.75) is 18.7 Å². The number of carbonyl (C=O) groups is 2. The molecule has 128 valence electrons. The highest BCUT2D eigenvalue weighted by Crippen LogP contribution is 2.21. The van der Waals surface area contributed by atoms with Crippen molar-refractivity contribution in [2.24, 2.45) is 5.14 Å². The van der Waals surface area contributed by atoms with Crippen LogP contribution < -0.4 is 5.14 Å². The summed E-state index contributed by atoms with van der Waals surface area (Å²) in [6.45, 7) is 3.44. The molecule has 10 heteroatoms. The van der Waals surface area contributed by atoms with Crippen LogP contribution in [0.5, 0.6) is 0 Å². The molecular formula is C14H15N3O6S. The summed E-state index contributed by atoms with van der Waals surface area (Å²) in [6.07, 6.45) is 0. The molecule has 2 rings (SSSR count). The van der Waals surface area contributed by atoms with Gasteiger partial charge < -0.3 is 9.84 Å². The molecule has 0 unspecified atom stereocenters. The van der Waals surface area contributed by atoms with Crippen molar-refractivity contribution < 1.29 is 27.9 Å². The third-order valence-electron chi connectivity index (χ3n) is 3.13. The van der Waals surface area contributed by atoms with Crippen molar-refractivity contribution in [3.8, 4) is 5.69 Å². The summed E-state index contributed by atoms with van der Waals surface area (Å²) in [5, 5.41) is 18.4. The number of rotatable bonds is 5. The molecule has 3 N–H and O–H groups in total. The van der Waals surface area contributed by atoms with E-state index in [-0.39, 0.29) is 28.4 Å².